The lowest BCUT2D eigenvalue weighted by molar-refractivity contribution is -0.0365. The number of nitrogens with one attached hydrogen (secondary N) is 1. The molecule has 0 radical (unpaired) electrons. The molecule has 106 valence electrons. The van der Waals surface area contributed by atoms with Gasteiger partial charge in [-0.25, -0.2) is 0 Å². The number of methoxy groups -OCH3 is 2. The molecule has 2 atom stereocenters. The smallest absolute Gasteiger partial charge is 0.134 e. The first-order valence-electron chi connectivity index (χ1n) is 6.71. The van der Waals surface area contributed by atoms with Gasteiger partial charge in [-0.3, -0.25) is 0 Å². The average Bonchev–Trinajstić information content (AvgIpc) is 2.45. The maximum Gasteiger partial charge on any atom is 0.134 e. The van der Waals surface area contributed by atoms with Crippen molar-refractivity contribution in [3.63, 3.8) is 0 Å². The normalized spacial score (nSPS) is 25.6. The average molecular weight is 265 g/mol. The quantitative estimate of drug-likeness (QED) is 0.888. The lowest BCUT2D eigenvalue weighted by Crippen LogP contribution is -2.46. The van der Waals surface area contributed by atoms with Crippen LogP contribution in [-0.4, -0.2) is 33.5 Å². The topological polar surface area (TPSA) is 39.7 Å². The van der Waals surface area contributed by atoms with Gasteiger partial charge < -0.3 is 19.5 Å². The first kappa shape index (κ1) is 14.2. The summed E-state index contributed by atoms with van der Waals surface area (Å²) in [6.07, 6.45) is 1.82. The van der Waals surface area contributed by atoms with E-state index in [0.717, 1.165) is 24.3 Å². The van der Waals surface area contributed by atoms with Crippen molar-refractivity contribution < 1.29 is 14.2 Å². The van der Waals surface area contributed by atoms with Gasteiger partial charge in [-0.05, 0) is 19.5 Å². The Balaban J connectivity index is 2.39. The third-order valence-corrected chi connectivity index (χ3v) is 3.90. The fourth-order valence-corrected chi connectivity index (χ4v) is 2.70. The molecule has 4 heteroatoms. The molecule has 0 saturated heterocycles. The molecule has 2 rings (SSSR count). The van der Waals surface area contributed by atoms with Crippen molar-refractivity contribution >= 4 is 0 Å². The fourth-order valence-electron chi connectivity index (χ4n) is 2.70. The van der Waals surface area contributed by atoms with Gasteiger partial charge in [-0.1, -0.05) is 13.0 Å². The standard InChI is InChI=1S/C15H23NO3/c1-5-15(10-17-3)9-13(16-2)12-7-6-11(18-4)8-14(12)19-15/h6-8,13,16H,5,9-10H2,1-4H3. The van der Waals surface area contributed by atoms with Gasteiger partial charge in [0.2, 0.25) is 0 Å². The fraction of sp³-hybridized carbons (Fsp3) is 0.600. The van der Waals surface area contributed by atoms with E-state index in [1.54, 1.807) is 14.2 Å². The van der Waals surface area contributed by atoms with Crippen molar-refractivity contribution in [1.82, 2.24) is 5.32 Å². The zero-order valence-corrected chi connectivity index (χ0v) is 12.2. The predicted octanol–water partition coefficient (Wildman–Crippen LogP) is 2.53. The van der Waals surface area contributed by atoms with E-state index in [9.17, 15) is 0 Å². The van der Waals surface area contributed by atoms with Gasteiger partial charge in [0.1, 0.15) is 17.1 Å². The monoisotopic (exact) mass is 265 g/mol. The second-order valence-electron chi connectivity index (χ2n) is 5.02. The van der Waals surface area contributed by atoms with Gasteiger partial charge >= 0.3 is 0 Å². The number of rotatable bonds is 5. The van der Waals surface area contributed by atoms with Gasteiger partial charge in [-0.15, -0.1) is 0 Å². The zero-order chi connectivity index (χ0) is 13.9. The summed E-state index contributed by atoms with van der Waals surface area (Å²) in [6, 6.07) is 6.28. The summed E-state index contributed by atoms with van der Waals surface area (Å²) < 4.78 is 16.9. The van der Waals surface area contributed by atoms with Crippen LogP contribution in [0.2, 0.25) is 0 Å². The summed E-state index contributed by atoms with van der Waals surface area (Å²) in [6.45, 7) is 2.73. The highest BCUT2D eigenvalue weighted by molar-refractivity contribution is 5.44. The molecule has 0 spiro atoms. The minimum Gasteiger partial charge on any atom is -0.497 e. The number of hydrogen-bond donors (Lipinski definition) is 1. The molecular formula is C15H23NO3. The maximum atomic E-state index is 6.24. The van der Waals surface area contributed by atoms with Crippen molar-refractivity contribution in [2.24, 2.45) is 0 Å². The Morgan fingerprint density at radius 1 is 1.42 bits per heavy atom. The van der Waals surface area contributed by atoms with Crippen LogP contribution < -0.4 is 14.8 Å². The van der Waals surface area contributed by atoms with E-state index < -0.39 is 0 Å². The van der Waals surface area contributed by atoms with Crippen molar-refractivity contribution in [2.75, 3.05) is 27.9 Å². The first-order chi connectivity index (χ1) is 9.18. The molecule has 1 aromatic rings. The minimum absolute atomic E-state index is 0.262. The zero-order valence-electron chi connectivity index (χ0n) is 12.2. The molecular weight excluding hydrogens is 242 g/mol. The van der Waals surface area contributed by atoms with Crippen molar-refractivity contribution in [2.45, 2.75) is 31.4 Å². The van der Waals surface area contributed by atoms with Gasteiger partial charge in [-0.2, -0.15) is 0 Å². The van der Waals surface area contributed by atoms with E-state index in [1.165, 1.54) is 5.56 Å². The molecule has 1 aromatic carbocycles. The third kappa shape index (κ3) is 2.69. The second kappa shape index (κ2) is 5.80. The molecule has 0 saturated carbocycles. The molecule has 0 aliphatic carbocycles. The molecule has 0 fully saturated rings. The largest absolute Gasteiger partial charge is 0.497 e. The first-order valence-corrected chi connectivity index (χ1v) is 6.71. The Hall–Kier alpha value is -1.26. The molecule has 0 bridgehead atoms. The second-order valence-corrected chi connectivity index (χ2v) is 5.02. The highest BCUT2D eigenvalue weighted by Gasteiger charge is 2.39. The van der Waals surface area contributed by atoms with Crippen LogP contribution in [0, 0.1) is 0 Å². The number of ether oxygens (including phenoxy) is 3. The molecule has 1 aliphatic heterocycles. The Morgan fingerprint density at radius 2 is 2.21 bits per heavy atom. The summed E-state index contributed by atoms with van der Waals surface area (Å²) in [5.74, 6) is 1.71. The van der Waals surface area contributed by atoms with Gasteiger partial charge in [0.15, 0.2) is 0 Å². The summed E-state index contributed by atoms with van der Waals surface area (Å²) in [5.41, 5.74) is 0.922. The van der Waals surface area contributed by atoms with Gasteiger partial charge in [0.05, 0.1) is 13.7 Å². The van der Waals surface area contributed by atoms with E-state index in [0.29, 0.717) is 6.61 Å². The van der Waals surface area contributed by atoms with Crippen LogP contribution >= 0.6 is 0 Å². The number of hydrogen-bond acceptors (Lipinski definition) is 4. The van der Waals surface area contributed by atoms with E-state index in [1.807, 2.05) is 19.2 Å². The van der Waals surface area contributed by atoms with Crippen molar-refractivity contribution in [1.29, 1.82) is 0 Å². The van der Waals surface area contributed by atoms with Gasteiger partial charge in [0, 0.05) is 31.2 Å². The van der Waals surface area contributed by atoms with Crippen LogP contribution in [0.5, 0.6) is 11.5 Å². The Labute approximate surface area is 115 Å². The summed E-state index contributed by atoms with van der Waals surface area (Å²) in [5, 5.41) is 3.37. The summed E-state index contributed by atoms with van der Waals surface area (Å²) >= 11 is 0. The van der Waals surface area contributed by atoms with Gasteiger partial charge in [0.25, 0.3) is 0 Å². The third-order valence-electron chi connectivity index (χ3n) is 3.90. The molecule has 2 unspecified atom stereocenters. The number of benzene rings is 1. The van der Waals surface area contributed by atoms with Crippen LogP contribution in [0.3, 0.4) is 0 Å². The molecule has 0 amide bonds. The van der Waals surface area contributed by atoms with E-state index in [-0.39, 0.29) is 11.6 Å². The van der Waals surface area contributed by atoms with Crippen molar-refractivity contribution in [3.05, 3.63) is 23.8 Å². The van der Waals surface area contributed by atoms with E-state index >= 15 is 0 Å². The maximum absolute atomic E-state index is 6.24. The lowest BCUT2D eigenvalue weighted by Gasteiger charge is -2.41. The Kier molecular flexibility index (Phi) is 4.32. The summed E-state index contributed by atoms with van der Waals surface area (Å²) in [7, 11) is 5.37. The SMILES string of the molecule is CCC1(COC)CC(NC)c2ccc(OC)cc2O1. The highest BCUT2D eigenvalue weighted by Crippen LogP contribution is 2.42. The Bertz CT molecular complexity index is 435. The number of fused-ring (bicyclic) bond motifs is 1. The van der Waals surface area contributed by atoms with Crippen LogP contribution in [0.1, 0.15) is 31.4 Å². The Morgan fingerprint density at radius 3 is 2.79 bits per heavy atom. The highest BCUT2D eigenvalue weighted by atomic mass is 16.5. The molecule has 1 aliphatic rings. The summed E-state index contributed by atoms with van der Waals surface area (Å²) in [4.78, 5) is 0. The van der Waals surface area contributed by atoms with Crippen molar-refractivity contribution in [3.8, 4) is 11.5 Å². The molecule has 1 heterocycles. The lowest BCUT2D eigenvalue weighted by atomic mass is 9.86. The molecule has 19 heavy (non-hydrogen) atoms. The van der Waals surface area contributed by atoms with E-state index in [2.05, 4.69) is 18.3 Å². The van der Waals surface area contributed by atoms with Crippen LogP contribution in [-0.2, 0) is 4.74 Å². The molecule has 0 aromatic heterocycles. The minimum atomic E-state index is -0.262. The van der Waals surface area contributed by atoms with Crippen LogP contribution in [0.25, 0.3) is 0 Å². The molecule has 1 N–H and O–H groups in total. The van der Waals surface area contributed by atoms with E-state index in [4.69, 9.17) is 14.2 Å². The predicted molar refractivity (Wildman–Crippen MR) is 74.9 cm³/mol. The van der Waals surface area contributed by atoms with Crippen LogP contribution in [0.4, 0.5) is 0 Å². The van der Waals surface area contributed by atoms with Crippen LogP contribution in [0.15, 0.2) is 18.2 Å². The molecule has 4 nitrogen and oxygen atoms in total.